The second-order valence-corrected chi connectivity index (χ2v) is 6.09. The van der Waals surface area contributed by atoms with Gasteiger partial charge >= 0.3 is 0 Å². The minimum atomic E-state index is 0.691. The molecular formula is C13H17Br2NO. The van der Waals surface area contributed by atoms with Crippen molar-refractivity contribution in [1.29, 1.82) is 0 Å². The maximum Gasteiger partial charge on any atom is 0.138 e. The van der Waals surface area contributed by atoms with Gasteiger partial charge in [0.25, 0.3) is 0 Å². The van der Waals surface area contributed by atoms with Crippen LogP contribution >= 0.6 is 31.9 Å². The molecular weight excluding hydrogens is 346 g/mol. The molecule has 1 aromatic rings. The topological polar surface area (TPSA) is 21.3 Å². The smallest absolute Gasteiger partial charge is 0.138 e. The highest BCUT2D eigenvalue weighted by Crippen LogP contribution is 2.33. The van der Waals surface area contributed by atoms with Crippen LogP contribution in [0, 0.1) is 0 Å². The van der Waals surface area contributed by atoms with Crippen LogP contribution in [0.4, 0.5) is 0 Å². The summed E-state index contributed by atoms with van der Waals surface area (Å²) in [6.45, 7) is 3.58. The van der Waals surface area contributed by atoms with E-state index < -0.39 is 0 Å². The Balaban J connectivity index is 2.11. The van der Waals surface area contributed by atoms with Gasteiger partial charge in [0.15, 0.2) is 0 Å². The summed E-state index contributed by atoms with van der Waals surface area (Å²) in [7, 11) is 0. The van der Waals surface area contributed by atoms with Gasteiger partial charge in [0, 0.05) is 22.6 Å². The number of rotatable bonds is 5. The van der Waals surface area contributed by atoms with Crippen LogP contribution in [0.25, 0.3) is 0 Å². The lowest BCUT2D eigenvalue weighted by Gasteiger charge is -2.27. The predicted molar refractivity (Wildman–Crippen MR) is 77.5 cm³/mol. The van der Waals surface area contributed by atoms with Crippen LogP contribution < -0.4 is 10.1 Å². The number of ether oxygens (including phenoxy) is 1. The van der Waals surface area contributed by atoms with Crippen LogP contribution in [-0.4, -0.2) is 12.6 Å². The zero-order valence-corrected chi connectivity index (χ0v) is 13.1. The van der Waals surface area contributed by atoms with Crippen LogP contribution in [0.15, 0.2) is 21.1 Å². The number of benzene rings is 1. The van der Waals surface area contributed by atoms with E-state index in [4.69, 9.17) is 4.74 Å². The van der Waals surface area contributed by atoms with Crippen molar-refractivity contribution in [1.82, 2.24) is 5.32 Å². The third kappa shape index (κ3) is 3.46. The van der Waals surface area contributed by atoms with E-state index in [2.05, 4.69) is 43.2 Å². The average Bonchev–Trinajstić information content (AvgIpc) is 2.20. The number of hydrogen-bond donors (Lipinski definition) is 1. The molecule has 2 nitrogen and oxygen atoms in total. The molecule has 0 atom stereocenters. The van der Waals surface area contributed by atoms with Crippen LogP contribution in [0.1, 0.15) is 31.7 Å². The van der Waals surface area contributed by atoms with Crippen LogP contribution in [0.3, 0.4) is 0 Å². The fraction of sp³-hybridized carbons (Fsp3) is 0.538. The van der Waals surface area contributed by atoms with Crippen molar-refractivity contribution < 1.29 is 4.74 Å². The van der Waals surface area contributed by atoms with Crippen molar-refractivity contribution in [3.8, 4) is 5.75 Å². The van der Waals surface area contributed by atoms with Gasteiger partial charge in [-0.25, -0.2) is 0 Å². The summed E-state index contributed by atoms with van der Waals surface area (Å²) in [5.74, 6) is 0.961. The van der Waals surface area contributed by atoms with Gasteiger partial charge in [0.05, 0.1) is 11.1 Å². The Labute approximate surface area is 119 Å². The molecule has 2 rings (SSSR count). The van der Waals surface area contributed by atoms with Gasteiger partial charge in [-0.3, -0.25) is 0 Å². The van der Waals surface area contributed by atoms with Gasteiger partial charge < -0.3 is 10.1 Å². The molecule has 0 aliphatic heterocycles. The molecule has 0 aromatic heterocycles. The van der Waals surface area contributed by atoms with Gasteiger partial charge in [-0.15, -0.1) is 0 Å². The van der Waals surface area contributed by atoms with Crippen molar-refractivity contribution in [2.24, 2.45) is 0 Å². The summed E-state index contributed by atoms with van der Waals surface area (Å²) in [6, 6.07) is 4.85. The molecule has 0 amide bonds. The first kappa shape index (κ1) is 13.4. The first-order valence-corrected chi connectivity index (χ1v) is 7.63. The van der Waals surface area contributed by atoms with Crippen LogP contribution in [0.2, 0.25) is 0 Å². The van der Waals surface area contributed by atoms with Gasteiger partial charge in [0.2, 0.25) is 0 Å². The molecule has 1 aliphatic rings. The van der Waals surface area contributed by atoms with Crippen LogP contribution in [-0.2, 0) is 6.54 Å². The predicted octanol–water partition coefficient (Wildman–Crippen LogP) is 4.25. The fourth-order valence-electron chi connectivity index (χ4n) is 1.92. The van der Waals surface area contributed by atoms with Crippen molar-refractivity contribution in [2.45, 2.75) is 38.8 Å². The molecule has 1 saturated carbocycles. The summed E-state index contributed by atoms with van der Waals surface area (Å²) in [6.07, 6.45) is 3.97. The zero-order chi connectivity index (χ0) is 12.3. The molecule has 1 fully saturated rings. The first-order valence-electron chi connectivity index (χ1n) is 6.04. The molecule has 1 aromatic carbocycles. The second-order valence-electron chi connectivity index (χ2n) is 4.32. The highest BCUT2D eigenvalue weighted by Gasteiger charge is 2.17. The molecule has 0 bridgehead atoms. The normalized spacial score (nSPS) is 15.7. The summed E-state index contributed by atoms with van der Waals surface area (Å²) >= 11 is 7.08. The zero-order valence-electron chi connectivity index (χ0n) is 9.93. The maximum atomic E-state index is 5.70. The molecule has 0 unspecified atom stereocenters. The average molecular weight is 363 g/mol. The Morgan fingerprint density at radius 1 is 1.35 bits per heavy atom. The first-order chi connectivity index (χ1) is 8.20. The molecule has 94 valence electrons. The van der Waals surface area contributed by atoms with E-state index in [1.165, 1.54) is 24.8 Å². The minimum absolute atomic E-state index is 0.691. The fourth-order valence-corrected chi connectivity index (χ4v) is 3.35. The molecule has 0 spiro atoms. The van der Waals surface area contributed by atoms with Gasteiger partial charge in [-0.2, -0.15) is 0 Å². The maximum absolute atomic E-state index is 5.70. The molecule has 17 heavy (non-hydrogen) atoms. The van der Waals surface area contributed by atoms with Crippen molar-refractivity contribution in [3.63, 3.8) is 0 Å². The van der Waals surface area contributed by atoms with E-state index in [0.717, 1.165) is 21.2 Å². The number of nitrogens with one attached hydrogen (secondary N) is 1. The lowest BCUT2D eigenvalue weighted by atomic mass is 9.93. The third-order valence-corrected chi connectivity index (χ3v) is 4.11. The summed E-state index contributed by atoms with van der Waals surface area (Å²) in [5.41, 5.74) is 1.21. The van der Waals surface area contributed by atoms with E-state index in [1.54, 1.807) is 0 Å². The molecule has 0 saturated heterocycles. The Kier molecular flexibility index (Phi) is 4.88. The summed E-state index contributed by atoms with van der Waals surface area (Å²) < 4.78 is 7.79. The molecule has 4 heteroatoms. The lowest BCUT2D eigenvalue weighted by Crippen LogP contribution is -2.34. The van der Waals surface area contributed by atoms with Crippen molar-refractivity contribution in [3.05, 3.63) is 26.6 Å². The molecule has 0 radical (unpaired) electrons. The third-order valence-electron chi connectivity index (χ3n) is 3.06. The highest BCUT2D eigenvalue weighted by atomic mass is 79.9. The monoisotopic (exact) mass is 361 g/mol. The number of hydrogen-bond acceptors (Lipinski definition) is 2. The van der Waals surface area contributed by atoms with E-state index >= 15 is 0 Å². The van der Waals surface area contributed by atoms with Gasteiger partial charge in [0.1, 0.15) is 5.75 Å². The largest absolute Gasteiger partial charge is 0.492 e. The van der Waals surface area contributed by atoms with Crippen molar-refractivity contribution in [2.75, 3.05) is 6.61 Å². The minimum Gasteiger partial charge on any atom is -0.492 e. The van der Waals surface area contributed by atoms with E-state index in [0.29, 0.717) is 12.6 Å². The quantitative estimate of drug-likeness (QED) is 0.845. The lowest BCUT2D eigenvalue weighted by molar-refractivity contribution is 0.319. The van der Waals surface area contributed by atoms with E-state index in [9.17, 15) is 0 Å². The molecule has 0 heterocycles. The van der Waals surface area contributed by atoms with Gasteiger partial charge in [-0.1, -0.05) is 22.4 Å². The number of halogens is 2. The van der Waals surface area contributed by atoms with E-state index in [-0.39, 0.29) is 0 Å². The standard InChI is InChI=1S/C13H17Br2NO/c1-2-17-13-9(6-10(14)7-12(13)15)8-16-11-4-3-5-11/h6-7,11,16H,2-5,8H2,1H3. The molecule has 1 aliphatic carbocycles. The second kappa shape index (κ2) is 6.21. The summed E-state index contributed by atoms with van der Waals surface area (Å²) in [5, 5.41) is 3.57. The van der Waals surface area contributed by atoms with Gasteiger partial charge in [-0.05, 0) is 47.8 Å². The highest BCUT2D eigenvalue weighted by molar-refractivity contribution is 9.11. The Morgan fingerprint density at radius 3 is 2.71 bits per heavy atom. The Morgan fingerprint density at radius 2 is 2.12 bits per heavy atom. The Hall–Kier alpha value is -0.0600. The SMILES string of the molecule is CCOc1c(Br)cc(Br)cc1CNC1CCC1. The Bertz CT molecular complexity index is 391. The van der Waals surface area contributed by atoms with Crippen LogP contribution in [0.5, 0.6) is 5.75 Å². The van der Waals surface area contributed by atoms with E-state index in [1.807, 2.05) is 13.0 Å². The van der Waals surface area contributed by atoms with Crippen molar-refractivity contribution >= 4 is 31.9 Å². The summed E-state index contributed by atoms with van der Waals surface area (Å²) in [4.78, 5) is 0. The molecule has 1 N–H and O–H groups in total.